The van der Waals surface area contributed by atoms with E-state index in [4.69, 9.17) is 22.8 Å². The third-order valence-corrected chi connectivity index (χ3v) is 11.0. The number of hydrogen-bond acceptors (Lipinski definition) is 7. The summed E-state index contributed by atoms with van der Waals surface area (Å²) in [5.74, 6) is -0.0274. The van der Waals surface area contributed by atoms with Crippen LogP contribution in [0.1, 0.15) is 110 Å². The number of amides is 1. The van der Waals surface area contributed by atoms with Gasteiger partial charge in [0, 0.05) is 38.0 Å². The fourth-order valence-electron chi connectivity index (χ4n) is 5.42. The molecule has 0 atom stereocenters. The van der Waals surface area contributed by atoms with Crippen LogP contribution in [0.15, 0.2) is 42.0 Å². The highest BCUT2D eigenvalue weighted by molar-refractivity contribution is 6.60. The first-order chi connectivity index (χ1) is 22.9. The highest BCUT2D eigenvalue weighted by Crippen LogP contribution is 2.24. The second-order valence-corrected chi connectivity index (χ2v) is 14.4. The highest BCUT2D eigenvalue weighted by Gasteiger charge is 2.39. The van der Waals surface area contributed by atoms with Gasteiger partial charge < -0.3 is 33.2 Å². The summed E-state index contributed by atoms with van der Waals surface area (Å²) in [6, 6.07) is 12.7. The molecule has 0 bridgehead atoms. The molecule has 0 aliphatic carbocycles. The maximum Gasteiger partial charge on any atom is 0.500 e. The zero-order valence-electron chi connectivity index (χ0n) is 29.3. The van der Waals surface area contributed by atoms with Gasteiger partial charge in [-0.05, 0) is 93.5 Å². The molecule has 0 radical (unpaired) electrons. The summed E-state index contributed by atoms with van der Waals surface area (Å²) in [6.07, 6.45) is 13.1. The van der Waals surface area contributed by atoms with E-state index < -0.39 is 20.9 Å². The molecule has 0 aliphatic rings. The van der Waals surface area contributed by atoms with Gasteiger partial charge in [-0.25, -0.2) is 9.59 Å². The molecule has 0 aliphatic heterocycles. The number of hydrogen-bond donors (Lipinski definition) is 2. The Labute approximate surface area is 283 Å². The molecule has 0 saturated carbocycles. The number of aliphatic carboxylic acids is 1. The molecule has 2 aromatic carbocycles. The lowest BCUT2D eigenvalue weighted by Crippen LogP contribution is -2.46. The summed E-state index contributed by atoms with van der Waals surface area (Å²) in [7, 11) is -2.71. The van der Waals surface area contributed by atoms with E-state index in [0.717, 1.165) is 60.8 Å². The van der Waals surface area contributed by atoms with Crippen molar-refractivity contribution in [1.29, 1.82) is 0 Å². The largest absolute Gasteiger partial charge is 0.500 e. The van der Waals surface area contributed by atoms with Gasteiger partial charge in [-0.1, -0.05) is 70.1 Å². The van der Waals surface area contributed by atoms with Crippen molar-refractivity contribution < 1.29 is 37.4 Å². The molecule has 2 rings (SSSR count). The Morgan fingerprint density at radius 3 is 2.04 bits per heavy atom. The molecule has 264 valence electrons. The molecule has 47 heavy (non-hydrogen) atoms. The van der Waals surface area contributed by atoms with Gasteiger partial charge in [-0.15, -0.1) is 0 Å². The van der Waals surface area contributed by atoms with Gasteiger partial charge in [0.25, 0.3) is 0 Å². The number of ether oxygens (including phenoxy) is 2. The quantitative estimate of drug-likeness (QED) is 0.0549. The summed E-state index contributed by atoms with van der Waals surface area (Å²) in [6.45, 7) is 11.1. The second kappa shape index (κ2) is 24.3. The molecule has 0 heterocycles. The van der Waals surface area contributed by atoms with E-state index in [0.29, 0.717) is 57.4 Å². The minimum atomic E-state index is -2.71. The number of carboxylic acids is 1. The monoisotopic (exact) mass is 673 g/mol. The van der Waals surface area contributed by atoms with E-state index >= 15 is 0 Å². The van der Waals surface area contributed by atoms with E-state index in [2.05, 4.69) is 12.2 Å². The molecule has 0 aromatic heterocycles. The second-order valence-electron chi connectivity index (χ2n) is 11.7. The summed E-state index contributed by atoms with van der Waals surface area (Å²) in [4.78, 5) is 24.0. The van der Waals surface area contributed by atoms with Gasteiger partial charge >= 0.3 is 20.9 Å². The molecule has 0 fully saturated rings. The van der Waals surface area contributed by atoms with Gasteiger partial charge in [0.05, 0.1) is 13.2 Å². The van der Waals surface area contributed by atoms with Crippen LogP contribution in [0, 0.1) is 0 Å². The molecule has 0 unspecified atom stereocenters. The Balaban J connectivity index is 1.68. The normalized spacial score (nSPS) is 12.0. The lowest BCUT2D eigenvalue weighted by molar-refractivity contribution is -0.132. The van der Waals surface area contributed by atoms with E-state index in [1.165, 1.54) is 32.1 Å². The van der Waals surface area contributed by atoms with Crippen LogP contribution in [-0.4, -0.2) is 65.6 Å². The van der Waals surface area contributed by atoms with Gasteiger partial charge in [-0.3, -0.25) is 0 Å². The van der Waals surface area contributed by atoms with E-state index in [-0.39, 0.29) is 0 Å². The summed E-state index contributed by atoms with van der Waals surface area (Å²) in [5, 5.41) is 14.7. The van der Waals surface area contributed by atoms with Gasteiger partial charge in [0.15, 0.2) is 0 Å². The number of carbonyl (C=O) groups excluding carboxylic acids is 1. The minimum absolute atomic E-state index is 0.325. The van der Waals surface area contributed by atoms with E-state index in [1.807, 2.05) is 57.2 Å². The summed E-state index contributed by atoms with van der Waals surface area (Å²) in [5.41, 5.74) is 1.26. The third-order valence-electron chi connectivity index (χ3n) is 7.81. The van der Waals surface area contributed by atoms with Crippen molar-refractivity contribution in [2.45, 2.75) is 111 Å². The Hall–Kier alpha value is -2.92. The number of rotatable bonds is 27. The summed E-state index contributed by atoms with van der Waals surface area (Å²) >= 11 is 0. The fraction of sp³-hybridized carbons (Fsp3) is 0.622. The van der Waals surface area contributed by atoms with Crippen molar-refractivity contribution in [3.63, 3.8) is 0 Å². The number of fused-ring (bicyclic) bond motifs is 1. The average molecular weight is 674 g/mol. The molecule has 2 aromatic rings. The van der Waals surface area contributed by atoms with Crippen molar-refractivity contribution in [3.05, 3.63) is 47.5 Å². The molecule has 2 N–H and O–H groups in total. The number of benzene rings is 2. The van der Waals surface area contributed by atoms with Gasteiger partial charge in [0.1, 0.15) is 5.75 Å². The highest BCUT2D eigenvalue weighted by atomic mass is 28.4. The predicted octanol–water partition coefficient (Wildman–Crippen LogP) is 9.16. The first kappa shape index (κ1) is 40.3. The lowest BCUT2D eigenvalue weighted by atomic mass is 10.0. The third kappa shape index (κ3) is 16.6. The molecule has 0 saturated heterocycles. The minimum Gasteiger partial charge on any atom is -0.494 e. The maximum atomic E-state index is 12.1. The molecule has 10 heteroatoms. The first-order valence-electron chi connectivity index (χ1n) is 17.8. The summed E-state index contributed by atoms with van der Waals surface area (Å²) < 4.78 is 28.8. The zero-order valence-corrected chi connectivity index (χ0v) is 30.3. The van der Waals surface area contributed by atoms with Crippen molar-refractivity contribution in [2.75, 3.05) is 39.6 Å². The van der Waals surface area contributed by atoms with Crippen molar-refractivity contribution in [3.8, 4) is 5.75 Å². The predicted molar refractivity (Wildman–Crippen MR) is 191 cm³/mol. The van der Waals surface area contributed by atoms with Crippen LogP contribution in [-0.2, 0) is 22.8 Å². The number of alkyl carbamates (subject to hydrolysis) is 1. The number of nitrogens with one attached hydrogen (secondary N) is 1. The number of carbonyl (C=O) groups is 2. The fourth-order valence-corrected chi connectivity index (χ4v) is 8.03. The van der Waals surface area contributed by atoms with Crippen LogP contribution < -0.4 is 10.1 Å². The molecular formula is C37H59NO8Si. The Morgan fingerprint density at radius 1 is 0.745 bits per heavy atom. The number of carboxylic acid groups (broad SMARTS) is 1. The molecule has 1 amide bonds. The lowest BCUT2D eigenvalue weighted by Gasteiger charge is -2.28. The van der Waals surface area contributed by atoms with Crippen LogP contribution in [0.4, 0.5) is 4.79 Å². The molecule has 0 spiro atoms. The molecule has 9 nitrogen and oxygen atoms in total. The van der Waals surface area contributed by atoms with Gasteiger partial charge in [0.2, 0.25) is 0 Å². The maximum absolute atomic E-state index is 12.1. The van der Waals surface area contributed by atoms with E-state index in [9.17, 15) is 14.7 Å². The van der Waals surface area contributed by atoms with Crippen LogP contribution in [0.25, 0.3) is 16.8 Å². The van der Waals surface area contributed by atoms with Crippen LogP contribution in [0.3, 0.4) is 0 Å². The Kier molecular flexibility index (Phi) is 20.8. The first-order valence-corrected chi connectivity index (χ1v) is 19.7. The Morgan fingerprint density at radius 2 is 1.36 bits per heavy atom. The molecular weight excluding hydrogens is 614 g/mol. The van der Waals surface area contributed by atoms with Crippen molar-refractivity contribution in [2.24, 2.45) is 0 Å². The van der Waals surface area contributed by atoms with Crippen molar-refractivity contribution in [1.82, 2.24) is 5.32 Å². The topological polar surface area (TPSA) is 113 Å². The van der Waals surface area contributed by atoms with Crippen LogP contribution in [0.5, 0.6) is 5.75 Å². The van der Waals surface area contributed by atoms with E-state index in [1.54, 1.807) is 6.08 Å². The Bertz CT molecular complexity index is 1190. The smallest absolute Gasteiger partial charge is 0.494 e. The number of unbranched alkanes of at least 4 members (excludes halogenated alkanes) is 8. The standard InChI is InChI=1S/C37H59NO8Si/c1-5-9-10-11-13-16-25-42-35-23-22-32-28-31(20-21-33(32)30-35)29-34(36(39)40)19-15-12-14-17-26-43-37(41)38-24-18-27-47(44-6-2,45-7-3)46-8-4/h20-23,28-30H,5-19,24-27H2,1-4H3,(H,38,41)(H,39,40)/b34-29+. The van der Waals surface area contributed by atoms with Crippen LogP contribution in [0.2, 0.25) is 6.04 Å². The SMILES string of the molecule is CCCCCCCCOc1ccc2cc(/C=C(\CCCCCCOC(=O)NCCC[Si](OCC)(OCC)OCC)C(=O)O)ccc2c1. The van der Waals surface area contributed by atoms with Crippen LogP contribution >= 0.6 is 0 Å². The zero-order chi connectivity index (χ0) is 34.2. The average Bonchev–Trinajstić information content (AvgIpc) is 3.05. The van der Waals surface area contributed by atoms with Crippen molar-refractivity contribution >= 4 is 37.7 Å². The van der Waals surface area contributed by atoms with Gasteiger partial charge in [-0.2, -0.15) is 0 Å².